The van der Waals surface area contributed by atoms with Gasteiger partial charge in [-0.1, -0.05) is 0 Å². The van der Waals surface area contributed by atoms with Crippen molar-refractivity contribution in [3.63, 3.8) is 0 Å². The first-order chi connectivity index (χ1) is 9.72. The van der Waals surface area contributed by atoms with E-state index in [0.717, 1.165) is 45.1 Å². The van der Waals surface area contributed by atoms with Crippen molar-refractivity contribution in [1.82, 2.24) is 10.2 Å². The Hall–Kier alpha value is -0.940. The summed E-state index contributed by atoms with van der Waals surface area (Å²) in [5.74, 6) is 0.652. The molecule has 1 saturated heterocycles. The van der Waals surface area contributed by atoms with E-state index in [1.807, 2.05) is 0 Å². The van der Waals surface area contributed by atoms with Crippen molar-refractivity contribution in [2.45, 2.75) is 44.6 Å². The van der Waals surface area contributed by atoms with Crippen LogP contribution in [0.3, 0.4) is 0 Å². The van der Waals surface area contributed by atoms with Gasteiger partial charge in [0, 0.05) is 38.6 Å². The molecular weight excluding hydrogens is 256 g/mol. The molecule has 0 spiro atoms. The molecule has 20 heavy (non-hydrogen) atoms. The van der Waals surface area contributed by atoms with Crippen LogP contribution in [0, 0.1) is 5.92 Å². The fraction of sp³-hybridized carbons (Fsp3) is 0.867. The maximum Gasteiger partial charge on any atom is 0.234 e. The molecule has 1 N–H and O–H groups in total. The highest BCUT2D eigenvalue weighted by molar-refractivity contribution is 5.84. The number of ether oxygens (including phenoxy) is 1. The van der Waals surface area contributed by atoms with Gasteiger partial charge in [-0.15, -0.1) is 0 Å². The number of amides is 1. The number of rotatable bonds is 7. The van der Waals surface area contributed by atoms with Crippen molar-refractivity contribution in [3.05, 3.63) is 0 Å². The molecule has 2 fully saturated rings. The third-order valence-corrected chi connectivity index (χ3v) is 4.42. The fourth-order valence-corrected chi connectivity index (χ4v) is 3.44. The Morgan fingerprint density at radius 3 is 2.95 bits per heavy atom. The predicted molar refractivity (Wildman–Crippen MR) is 76.4 cm³/mol. The Morgan fingerprint density at radius 1 is 1.40 bits per heavy atom. The van der Waals surface area contributed by atoms with Crippen LogP contribution >= 0.6 is 0 Å². The van der Waals surface area contributed by atoms with Gasteiger partial charge in [0.05, 0.1) is 6.54 Å². The molecule has 2 atom stereocenters. The quantitative estimate of drug-likeness (QED) is 0.707. The maximum atomic E-state index is 11.9. The van der Waals surface area contributed by atoms with Crippen molar-refractivity contribution in [2.75, 3.05) is 33.4 Å². The number of hydrogen-bond acceptors (Lipinski definition) is 4. The van der Waals surface area contributed by atoms with Gasteiger partial charge in [-0.05, 0) is 38.6 Å². The fourth-order valence-electron chi connectivity index (χ4n) is 3.44. The Morgan fingerprint density at radius 2 is 2.25 bits per heavy atom. The van der Waals surface area contributed by atoms with E-state index < -0.39 is 0 Å². The molecule has 5 heteroatoms. The normalized spacial score (nSPS) is 27.1. The van der Waals surface area contributed by atoms with Gasteiger partial charge in [0.1, 0.15) is 5.78 Å². The lowest BCUT2D eigenvalue weighted by Crippen LogP contribution is -2.43. The van der Waals surface area contributed by atoms with Gasteiger partial charge in [-0.25, -0.2) is 0 Å². The minimum atomic E-state index is 0.0680. The number of likely N-dealkylation sites (tertiary alicyclic amines) is 1. The number of nitrogens with one attached hydrogen (secondary N) is 1. The largest absolute Gasteiger partial charge is 0.385 e. The van der Waals surface area contributed by atoms with Crippen LogP contribution in [0.4, 0.5) is 0 Å². The number of carbonyl (C=O) groups excluding carboxylic acids is 2. The molecule has 0 aromatic rings. The number of Topliss-reactive ketones (excluding diaryl/α,β-unsaturated/α-hetero) is 1. The van der Waals surface area contributed by atoms with E-state index in [1.165, 1.54) is 0 Å². The molecule has 2 rings (SSSR count). The zero-order valence-electron chi connectivity index (χ0n) is 12.4. The lowest BCUT2D eigenvalue weighted by molar-refractivity contribution is -0.125. The molecule has 0 aromatic heterocycles. The number of hydrogen-bond donors (Lipinski definition) is 1. The summed E-state index contributed by atoms with van der Waals surface area (Å²) >= 11 is 0. The summed E-state index contributed by atoms with van der Waals surface area (Å²) in [6.45, 7) is 2.71. The molecule has 1 amide bonds. The Bertz CT molecular complexity index is 346. The monoisotopic (exact) mass is 282 g/mol. The standard InChI is InChI=1S/C15H26N2O3/c1-20-10-4-8-16-15(19)11-17-9-3-6-13(17)12-5-2-7-14(12)18/h12-13H,2-11H2,1H3,(H,16,19). The number of nitrogens with zero attached hydrogens (tertiary/aromatic N) is 1. The molecular formula is C15H26N2O3. The summed E-state index contributed by atoms with van der Waals surface area (Å²) in [7, 11) is 1.66. The molecule has 114 valence electrons. The van der Waals surface area contributed by atoms with Gasteiger partial charge >= 0.3 is 0 Å². The van der Waals surface area contributed by atoms with E-state index in [1.54, 1.807) is 7.11 Å². The first-order valence-corrected chi connectivity index (χ1v) is 7.74. The van der Waals surface area contributed by atoms with Crippen molar-refractivity contribution < 1.29 is 14.3 Å². The molecule has 1 aliphatic carbocycles. The lowest BCUT2D eigenvalue weighted by atomic mass is 9.95. The van der Waals surface area contributed by atoms with Crippen LogP contribution in [0.15, 0.2) is 0 Å². The highest BCUT2D eigenvalue weighted by atomic mass is 16.5. The van der Waals surface area contributed by atoms with Crippen LogP contribution in [0.1, 0.15) is 38.5 Å². The zero-order valence-corrected chi connectivity index (χ0v) is 12.4. The van der Waals surface area contributed by atoms with Crippen molar-refractivity contribution in [2.24, 2.45) is 5.92 Å². The smallest absolute Gasteiger partial charge is 0.234 e. The number of ketones is 1. The highest BCUT2D eigenvalue weighted by Gasteiger charge is 2.38. The summed E-state index contributed by atoms with van der Waals surface area (Å²) < 4.78 is 4.95. The summed E-state index contributed by atoms with van der Waals surface area (Å²) in [5.41, 5.74) is 0. The Labute approximate surface area is 121 Å². The Balaban J connectivity index is 1.76. The first-order valence-electron chi connectivity index (χ1n) is 7.74. The SMILES string of the molecule is COCCCNC(=O)CN1CCCC1C1CCCC1=O. The molecule has 5 nitrogen and oxygen atoms in total. The topological polar surface area (TPSA) is 58.6 Å². The van der Waals surface area contributed by atoms with Crippen LogP contribution in [0.5, 0.6) is 0 Å². The van der Waals surface area contributed by atoms with Crippen molar-refractivity contribution in [1.29, 1.82) is 0 Å². The van der Waals surface area contributed by atoms with E-state index in [0.29, 0.717) is 31.5 Å². The number of carbonyl (C=O) groups is 2. The summed E-state index contributed by atoms with van der Waals surface area (Å²) in [5, 5.41) is 2.92. The Kier molecular flexibility index (Phi) is 5.98. The third kappa shape index (κ3) is 4.03. The van der Waals surface area contributed by atoms with E-state index in [9.17, 15) is 9.59 Å². The van der Waals surface area contributed by atoms with E-state index in [4.69, 9.17) is 4.74 Å². The van der Waals surface area contributed by atoms with Crippen LogP contribution < -0.4 is 5.32 Å². The summed E-state index contributed by atoms with van der Waals surface area (Å²) in [6, 6.07) is 0.301. The predicted octanol–water partition coefficient (Wildman–Crippen LogP) is 0.973. The van der Waals surface area contributed by atoms with Crippen LogP contribution in [0.25, 0.3) is 0 Å². The van der Waals surface area contributed by atoms with Crippen LogP contribution in [-0.2, 0) is 14.3 Å². The minimum Gasteiger partial charge on any atom is -0.385 e. The molecule has 1 aliphatic heterocycles. The second-order valence-corrected chi connectivity index (χ2v) is 5.84. The molecule has 1 heterocycles. The average Bonchev–Trinajstić information content (AvgIpc) is 3.03. The van der Waals surface area contributed by atoms with Crippen LogP contribution in [-0.4, -0.2) is 56.0 Å². The first kappa shape index (κ1) is 15.4. The van der Waals surface area contributed by atoms with Gasteiger partial charge in [-0.2, -0.15) is 0 Å². The van der Waals surface area contributed by atoms with Gasteiger partial charge in [-0.3, -0.25) is 14.5 Å². The van der Waals surface area contributed by atoms with Gasteiger partial charge in [0.2, 0.25) is 5.91 Å². The van der Waals surface area contributed by atoms with Crippen molar-refractivity contribution >= 4 is 11.7 Å². The lowest BCUT2D eigenvalue weighted by Gasteiger charge is -2.27. The third-order valence-electron chi connectivity index (χ3n) is 4.42. The average molecular weight is 282 g/mol. The summed E-state index contributed by atoms with van der Waals surface area (Å²) in [4.78, 5) is 26.0. The van der Waals surface area contributed by atoms with Crippen LogP contribution in [0.2, 0.25) is 0 Å². The minimum absolute atomic E-state index is 0.0680. The van der Waals surface area contributed by atoms with E-state index in [-0.39, 0.29) is 11.8 Å². The molecule has 1 saturated carbocycles. The number of methoxy groups -OCH3 is 1. The van der Waals surface area contributed by atoms with Gasteiger partial charge < -0.3 is 10.1 Å². The molecule has 0 aromatic carbocycles. The van der Waals surface area contributed by atoms with E-state index >= 15 is 0 Å². The van der Waals surface area contributed by atoms with Gasteiger partial charge in [0.15, 0.2) is 0 Å². The van der Waals surface area contributed by atoms with Gasteiger partial charge in [0.25, 0.3) is 0 Å². The molecule has 0 bridgehead atoms. The molecule has 0 radical (unpaired) electrons. The molecule has 2 unspecified atom stereocenters. The van der Waals surface area contributed by atoms with E-state index in [2.05, 4.69) is 10.2 Å². The van der Waals surface area contributed by atoms with Crippen molar-refractivity contribution in [3.8, 4) is 0 Å². The summed E-state index contributed by atoms with van der Waals surface area (Å²) in [6.07, 6.45) is 5.77. The highest BCUT2D eigenvalue weighted by Crippen LogP contribution is 2.32. The molecule has 2 aliphatic rings. The second kappa shape index (κ2) is 7.74. The maximum absolute atomic E-state index is 11.9. The second-order valence-electron chi connectivity index (χ2n) is 5.84. The zero-order chi connectivity index (χ0) is 14.4.